The lowest BCUT2D eigenvalue weighted by molar-refractivity contribution is 0.331. The van der Waals surface area contributed by atoms with Gasteiger partial charge in [0.05, 0.1) is 0 Å². The Bertz CT molecular complexity index is 400. The first-order valence-electron chi connectivity index (χ1n) is 8.09. The zero-order valence-electron chi connectivity index (χ0n) is 13.4. The van der Waals surface area contributed by atoms with E-state index in [2.05, 4.69) is 55.3 Å². The molecule has 0 aromatic heterocycles. The van der Waals surface area contributed by atoms with E-state index in [1.54, 1.807) is 0 Å². The first kappa shape index (κ1) is 15.5. The van der Waals surface area contributed by atoms with E-state index in [9.17, 15) is 0 Å². The van der Waals surface area contributed by atoms with Crippen LogP contribution >= 0.6 is 0 Å². The van der Waals surface area contributed by atoms with Crippen LogP contribution in [0.3, 0.4) is 0 Å². The first-order chi connectivity index (χ1) is 9.57. The highest BCUT2D eigenvalue weighted by atomic mass is 15.1. The summed E-state index contributed by atoms with van der Waals surface area (Å²) in [6.07, 6.45) is 4.05. The molecule has 0 atom stereocenters. The molecular formula is C18H30N2. The molecule has 20 heavy (non-hydrogen) atoms. The van der Waals surface area contributed by atoms with Crippen LogP contribution < -0.4 is 5.32 Å². The maximum absolute atomic E-state index is 3.61. The molecule has 1 aromatic rings. The molecule has 0 unspecified atom stereocenters. The maximum Gasteiger partial charge on any atom is 0.0208 e. The third-order valence-electron chi connectivity index (χ3n) is 4.17. The van der Waals surface area contributed by atoms with Gasteiger partial charge in [-0.25, -0.2) is 0 Å². The van der Waals surface area contributed by atoms with Gasteiger partial charge in [0.1, 0.15) is 0 Å². The van der Waals surface area contributed by atoms with Crippen LogP contribution in [0.15, 0.2) is 24.3 Å². The molecule has 1 fully saturated rings. The highest BCUT2D eigenvalue weighted by molar-refractivity contribution is 5.32. The number of hydrogen-bond acceptors (Lipinski definition) is 2. The smallest absolute Gasteiger partial charge is 0.0208 e. The van der Waals surface area contributed by atoms with E-state index in [1.807, 2.05) is 0 Å². The van der Waals surface area contributed by atoms with Crippen LogP contribution in [0, 0.1) is 0 Å². The number of rotatable bonds is 6. The maximum atomic E-state index is 3.61. The Morgan fingerprint density at radius 1 is 1.10 bits per heavy atom. The van der Waals surface area contributed by atoms with Crippen LogP contribution in [0.4, 0.5) is 0 Å². The van der Waals surface area contributed by atoms with E-state index in [-0.39, 0.29) is 5.41 Å². The molecule has 1 aliphatic heterocycles. The summed E-state index contributed by atoms with van der Waals surface area (Å²) in [4.78, 5) is 2.59. The fourth-order valence-corrected chi connectivity index (χ4v) is 3.06. The predicted octanol–water partition coefficient (Wildman–Crippen LogP) is 3.56. The third kappa shape index (κ3) is 4.60. The van der Waals surface area contributed by atoms with Crippen molar-refractivity contribution in [2.24, 2.45) is 0 Å². The Hall–Kier alpha value is -0.860. The second-order valence-electron chi connectivity index (χ2n) is 6.99. The quantitative estimate of drug-likeness (QED) is 0.798. The van der Waals surface area contributed by atoms with Gasteiger partial charge in [0, 0.05) is 6.54 Å². The van der Waals surface area contributed by atoms with Crippen molar-refractivity contribution in [2.45, 2.75) is 52.0 Å². The minimum absolute atomic E-state index is 0.230. The highest BCUT2D eigenvalue weighted by Gasteiger charge is 2.16. The lowest BCUT2D eigenvalue weighted by Crippen LogP contribution is -2.25. The minimum Gasteiger partial charge on any atom is -0.313 e. The SMILES string of the molecule is CC(C)(C)c1ccccc1CNCCCN1CCCC1. The van der Waals surface area contributed by atoms with E-state index in [0.29, 0.717) is 0 Å². The fourth-order valence-electron chi connectivity index (χ4n) is 3.06. The molecule has 0 spiro atoms. The van der Waals surface area contributed by atoms with Gasteiger partial charge in [-0.2, -0.15) is 0 Å². The number of hydrogen-bond donors (Lipinski definition) is 1. The number of nitrogens with one attached hydrogen (secondary N) is 1. The van der Waals surface area contributed by atoms with Crippen molar-refractivity contribution in [2.75, 3.05) is 26.2 Å². The summed E-state index contributed by atoms with van der Waals surface area (Å²) in [6, 6.07) is 8.82. The van der Waals surface area contributed by atoms with Gasteiger partial charge in [-0.3, -0.25) is 0 Å². The molecule has 2 heteroatoms. The molecule has 1 N–H and O–H groups in total. The molecule has 0 amide bonds. The number of likely N-dealkylation sites (tertiary alicyclic amines) is 1. The van der Waals surface area contributed by atoms with E-state index >= 15 is 0 Å². The monoisotopic (exact) mass is 274 g/mol. The van der Waals surface area contributed by atoms with Gasteiger partial charge in [-0.05, 0) is 62.0 Å². The second kappa shape index (κ2) is 7.24. The summed E-state index contributed by atoms with van der Waals surface area (Å²) < 4.78 is 0. The van der Waals surface area contributed by atoms with Crippen molar-refractivity contribution >= 4 is 0 Å². The average Bonchev–Trinajstić information content (AvgIpc) is 2.91. The molecule has 1 saturated heterocycles. The molecule has 1 aliphatic rings. The Labute approximate surface area is 124 Å². The van der Waals surface area contributed by atoms with Gasteiger partial charge in [0.15, 0.2) is 0 Å². The van der Waals surface area contributed by atoms with Crippen molar-refractivity contribution in [3.63, 3.8) is 0 Å². The molecule has 1 aromatic carbocycles. The second-order valence-corrected chi connectivity index (χ2v) is 6.99. The van der Waals surface area contributed by atoms with E-state index in [1.165, 1.54) is 50.0 Å². The van der Waals surface area contributed by atoms with Gasteiger partial charge in [-0.15, -0.1) is 0 Å². The largest absolute Gasteiger partial charge is 0.313 e. The summed E-state index contributed by atoms with van der Waals surface area (Å²) >= 11 is 0. The van der Waals surface area contributed by atoms with Crippen molar-refractivity contribution in [3.05, 3.63) is 35.4 Å². The average molecular weight is 274 g/mol. The number of benzene rings is 1. The Morgan fingerprint density at radius 2 is 1.80 bits per heavy atom. The molecule has 1 heterocycles. The van der Waals surface area contributed by atoms with Gasteiger partial charge in [-0.1, -0.05) is 45.0 Å². The molecule has 0 bridgehead atoms. The van der Waals surface area contributed by atoms with Gasteiger partial charge < -0.3 is 10.2 Å². The zero-order valence-corrected chi connectivity index (χ0v) is 13.4. The molecule has 0 radical (unpaired) electrons. The Morgan fingerprint density at radius 3 is 2.50 bits per heavy atom. The fraction of sp³-hybridized carbons (Fsp3) is 0.667. The highest BCUT2D eigenvalue weighted by Crippen LogP contribution is 2.25. The van der Waals surface area contributed by atoms with Crippen LogP contribution in [-0.4, -0.2) is 31.1 Å². The standard InChI is InChI=1S/C18H30N2/c1-18(2,3)17-10-5-4-9-16(17)15-19-11-8-14-20-12-6-7-13-20/h4-5,9-10,19H,6-8,11-15H2,1-3H3. The molecule has 0 aliphatic carbocycles. The lowest BCUT2D eigenvalue weighted by atomic mass is 9.84. The topological polar surface area (TPSA) is 15.3 Å². The minimum atomic E-state index is 0.230. The Kier molecular flexibility index (Phi) is 5.62. The number of nitrogens with zero attached hydrogens (tertiary/aromatic N) is 1. The van der Waals surface area contributed by atoms with Crippen molar-refractivity contribution in [1.82, 2.24) is 10.2 Å². The first-order valence-corrected chi connectivity index (χ1v) is 8.09. The predicted molar refractivity (Wildman–Crippen MR) is 87.1 cm³/mol. The van der Waals surface area contributed by atoms with Gasteiger partial charge in [0.25, 0.3) is 0 Å². The van der Waals surface area contributed by atoms with Crippen molar-refractivity contribution in [3.8, 4) is 0 Å². The normalized spacial score (nSPS) is 16.8. The molecule has 2 nitrogen and oxygen atoms in total. The van der Waals surface area contributed by atoms with Crippen LogP contribution in [0.2, 0.25) is 0 Å². The van der Waals surface area contributed by atoms with Gasteiger partial charge >= 0.3 is 0 Å². The zero-order chi connectivity index (χ0) is 14.4. The van der Waals surface area contributed by atoms with Crippen LogP contribution in [0.5, 0.6) is 0 Å². The summed E-state index contributed by atoms with van der Waals surface area (Å²) in [5.74, 6) is 0. The molecular weight excluding hydrogens is 244 g/mol. The van der Waals surface area contributed by atoms with Crippen LogP contribution in [-0.2, 0) is 12.0 Å². The summed E-state index contributed by atoms with van der Waals surface area (Å²) in [7, 11) is 0. The third-order valence-corrected chi connectivity index (χ3v) is 4.17. The molecule has 0 saturated carbocycles. The summed E-state index contributed by atoms with van der Waals surface area (Å²) in [6.45, 7) is 12.9. The van der Waals surface area contributed by atoms with Crippen molar-refractivity contribution in [1.29, 1.82) is 0 Å². The van der Waals surface area contributed by atoms with Gasteiger partial charge in [0.2, 0.25) is 0 Å². The van der Waals surface area contributed by atoms with E-state index in [0.717, 1.165) is 13.1 Å². The molecule has 2 rings (SSSR count). The van der Waals surface area contributed by atoms with Crippen molar-refractivity contribution < 1.29 is 0 Å². The lowest BCUT2D eigenvalue weighted by Gasteiger charge is -2.23. The summed E-state index contributed by atoms with van der Waals surface area (Å²) in [5, 5.41) is 3.61. The van der Waals surface area contributed by atoms with Crippen LogP contribution in [0.1, 0.15) is 51.2 Å². The Balaban J connectivity index is 1.73. The van der Waals surface area contributed by atoms with E-state index < -0.39 is 0 Å². The molecule has 112 valence electrons. The van der Waals surface area contributed by atoms with Crippen LogP contribution in [0.25, 0.3) is 0 Å². The van der Waals surface area contributed by atoms with E-state index in [4.69, 9.17) is 0 Å². The summed E-state index contributed by atoms with van der Waals surface area (Å²) in [5.41, 5.74) is 3.14.